The maximum Gasteiger partial charge on any atom is 0.244 e. The topological polar surface area (TPSA) is 43.8 Å². The van der Waals surface area contributed by atoms with Gasteiger partial charge in [0.1, 0.15) is 5.75 Å². The first kappa shape index (κ1) is 14.7. The van der Waals surface area contributed by atoms with Gasteiger partial charge in [-0.15, -0.1) is 0 Å². The van der Waals surface area contributed by atoms with E-state index < -0.39 is 0 Å². The van der Waals surface area contributed by atoms with Crippen molar-refractivity contribution in [2.75, 3.05) is 36.0 Å². The number of amides is 1. The Balaban J connectivity index is 1.82. The Morgan fingerprint density at radius 3 is 2.81 bits per heavy atom. The van der Waals surface area contributed by atoms with Crippen LogP contribution in [0.15, 0.2) is 18.2 Å². The fourth-order valence-electron chi connectivity index (χ4n) is 3.20. The van der Waals surface area contributed by atoms with Gasteiger partial charge in [0.05, 0.1) is 11.7 Å². The van der Waals surface area contributed by atoms with Crippen LogP contribution in [0.3, 0.4) is 0 Å². The second-order valence-corrected chi connectivity index (χ2v) is 6.93. The molecule has 3 rings (SSSR count). The van der Waals surface area contributed by atoms with Gasteiger partial charge in [-0.2, -0.15) is 11.8 Å². The Morgan fingerprint density at radius 2 is 2.05 bits per heavy atom. The number of carbonyl (C=O) groups is 1. The molecule has 2 aliphatic heterocycles. The van der Waals surface area contributed by atoms with Gasteiger partial charge in [-0.05, 0) is 31.4 Å². The molecule has 1 fully saturated rings. The van der Waals surface area contributed by atoms with E-state index in [1.54, 1.807) is 11.0 Å². The number of fused-ring (bicyclic) bond motifs is 1. The van der Waals surface area contributed by atoms with Gasteiger partial charge >= 0.3 is 0 Å². The molecule has 0 unspecified atom stereocenters. The highest BCUT2D eigenvalue weighted by Crippen LogP contribution is 2.36. The van der Waals surface area contributed by atoms with Crippen LogP contribution in [0, 0.1) is 0 Å². The van der Waals surface area contributed by atoms with E-state index in [-0.39, 0.29) is 17.7 Å². The van der Waals surface area contributed by atoms with Gasteiger partial charge in [-0.3, -0.25) is 9.69 Å². The molecule has 21 heavy (non-hydrogen) atoms. The number of para-hydroxylation sites is 1. The fourth-order valence-corrected chi connectivity index (χ4v) is 4.13. The molecule has 2 heterocycles. The van der Waals surface area contributed by atoms with Crippen LogP contribution in [0.2, 0.25) is 0 Å². The van der Waals surface area contributed by atoms with Gasteiger partial charge in [0.2, 0.25) is 5.91 Å². The zero-order valence-corrected chi connectivity index (χ0v) is 13.2. The molecule has 0 bridgehead atoms. The van der Waals surface area contributed by atoms with E-state index in [1.807, 2.05) is 30.8 Å². The number of hydrogen-bond acceptors (Lipinski definition) is 4. The molecule has 1 N–H and O–H groups in total. The molecule has 0 saturated carbocycles. The highest BCUT2D eigenvalue weighted by molar-refractivity contribution is 7.99. The van der Waals surface area contributed by atoms with Crippen LogP contribution >= 0.6 is 11.8 Å². The summed E-state index contributed by atoms with van der Waals surface area (Å²) in [5, 5.41) is 10.2. The van der Waals surface area contributed by atoms with Crippen LogP contribution in [0.25, 0.3) is 0 Å². The molecule has 0 spiro atoms. The Kier molecular flexibility index (Phi) is 4.40. The van der Waals surface area contributed by atoms with Crippen LogP contribution < -0.4 is 4.90 Å². The van der Waals surface area contributed by atoms with E-state index in [9.17, 15) is 9.90 Å². The summed E-state index contributed by atoms with van der Waals surface area (Å²) in [5.74, 6) is 2.53. The largest absolute Gasteiger partial charge is 0.506 e. The van der Waals surface area contributed by atoms with Gasteiger partial charge in [0.25, 0.3) is 0 Å². The summed E-state index contributed by atoms with van der Waals surface area (Å²) in [6.45, 7) is 4.64. The van der Waals surface area contributed by atoms with Crippen molar-refractivity contribution in [1.82, 2.24) is 4.90 Å². The summed E-state index contributed by atoms with van der Waals surface area (Å²) >= 11 is 1.95. The maximum atomic E-state index is 12.9. The lowest BCUT2D eigenvalue weighted by atomic mass is 10.00. The number of benzene rings is 1. The van der Waals surface area contributed by atoms with E-state index >= 15 is 0 Å². The van der Waals surface area contributed by atoms with Crippen molar-refractivity contribution < 1.29 is 9.90 Å². The minimum Gasteiger partial charge on any atom is -0.506 e. The van der Waals surface area contributed by atoms with E-state index in [4.69, 9.17) is 0 Å². The van der Waals surface area contributed by atoms with Crippen molar-refractivity contribution in [1.29, 1.82) is 0 Å². The number of aromatic hydroxyl groups is 1. The Morgan fingerprint density at radius 1 is 1.29 bits per heavy atom. The summed E-state index contributed by atoms with van der Waals surface area (Å²) in [6.07, 6.45) is 1.90. The number of aryl methyl sites for hydroxylation is 1. The highest BCUT2D eigenvalue weighted by Gasteiger charge is 2.31. The summed E-state index contributed by atoms with van der Waals surface area (Å²) in [5.41, 5.74) is 1.81. The third-order valence-corrected chi connectivity index (χ3v) is 5.36. The van der Waals surface area contributed by atoms with E-state index in [1.165, 1.54) is 0 Å². The van der Waals surface area contributed by atoms with Crippen molar-refractivity contribution in [2.24, 2.45) is 0 Å². The second-order valence-electron chi connectivity index (χ2n) is 5.70. The quantitative estimate of drug-likeness (QED) is 0.909. The summed E-state index contributed by atoms with van der Waals surface area (Å²) < 4.78 is 0. The molecule has 114 valence electrons. The molecule has 1 saturated heterocycles. The van der Waals surface area contributed by atoms with Gasteiger partial charge < -0.3 is 10.0 Å². The van der Waals surface area contributed by atoms with Gasteiger partial charge in [-0.1, -0.05) is 12.1 Å². The van der Waals surface area contributed by atoms with Crippen molar-refractivity contribution in [3.63, 3.8) is 0 Å². The lowest BCUT2D eigenvalue weighted by molar-refractivity contribution is -0.123. The molecule has 4 nitrogen and oxygen atoms in total. The van der Waals surface area contributed by atoms with E-state index in [2.05, 4.69) is 4.90 Å². The SMILES string of the molecule is C[C@H](C(=O)N1CCCc2cccc(O)c21)N1CCSCC1. The standard InChI is InChI=1S/C16H22N2O2S/c1-12(17-8-10-21-11-9-17)16(20)18-7-3-5-13-4-2-6-14(19)15(13)18/h2,4,6,12,19H,3,5,7-11H2,1H3/t12-/m1/s1. The van der Waals surface area contributed by atoms with Gasteiger partial charge in [0.15, 0.2) is 0 Å². The van der Waals surface area contributed by atoms with Gasteiger partial charge in [0, 0.05) is 31.1 Å². The summed E-state index contributed by atoms with van der Waals surface area (Å²) in [6, 6.07) is 5.42. The zero-order chi connectivity index (χ0) is 14.8. The van der Waals surface area contributed by atoms with Gasteiger partial charge in [-0.25, -0.2) is 0 Å². The number of hydrogen-bond donors (Lipinski definition) is 1. The molecule has 0 aromatic heterocycles. The number of carbonyl (C=O) groups excluding carboxylic acids is 1. The lowest BCUT2D eigenvalue weighted by Gasteiger charge is -2.37. The minimum atomic E-state index is -0.114. The predicted octanol–water partition coefficient (Wildman–Crippen LogP) is 2.11. The molecule has 2 aliphatic rings. The van der Waals surface area contributed by atoms with Crippen molar-refractivity contribution in [3.8, 4) is 5.75 Å². The first-order chi connectivity index (χ1) is 10.2. The first-order valence-electron chi connectivity index (χ1n) is 7.62. The van der Waals surface area contributed by atoms with Crippen LogP contribution in [-0.2, 0) is 11.2 Å². The molecular formula is C16H22N2O2S. The third kappa shape index (κ3) is 2.90. The number of rotatable bonds is 2. The fraction of sp³-hybridized carbons (Fsp3) is 0.562. The number of thioether (sulfide) groups is 1. The number of phenolic OH excluding ortho intramolecular Hbond substituents is 1. The average molecular weight is 306 g/mol. The molecule has 0 radical (unpaired) electrons. The van der Waals surface area contributed by atoms with Crippen LogP contribution in [0.1, 0.15) is 18.9 Å². The van der Waals surface area contributed by atoms with E-state index in [0.29, 0.717) is 6.54 Å². The number of nitrogens with zero attached hydrogens (tertiary/aromatic N) is 2. The van der Waals surface area contributed by atoms with Crippen LogP contribution in [0.4, 0.5) is 5.69 Å². The minimum absolute atomic E-state index is 0.114. The first-order valence-corrected chi connectivity index (χ1v) is 8.78. The predicted molar refractivity (Wildman–Crippen MR) is 87.1 cm³/mol. The Labute approximate surface area is 130 Å². The number of phenols is 1. The van der Waals surface area contributed by atoms with Crippen molar-refractivity contribution in [2.45, 2.75) is 25.8 Å². The second kappa shape index (κ2) is 6.28. The molecular weight excluding hydrogens is 284 g/mol. The molecule has 1 atom stereocenters. The lowest BCUT2D eigenvalue weighted by Crippen LogP contribution is -2.51. The number of anilines is 1. The maximum absolute atomic E-state index is 12.9. The van der Waals surface area contributed by atoms with E-state index in [0.717, 1.165) is 48.7 Å². The third-order valence-electron chi connectivity index (χ3n) is 4.41. The monoisotopic (exact) mass is 306 g/mol. The molecule has 5 heteroatoms. The van der Waals surface area contributed by atoms with Crippen LogP contribution in [0.5, 0.6) is 5.75 Å². The van der Waals surface area contributed by atoms with Crippen molar-refractivity contribution in [3.05, 3.63) is 23.8 Å². The Bertz CT molecular complexity index is 529. The smallest absolute Gasteiger partial charge is 0.244 e. The van der Waals surface area contributed by atoms with Crippen molar-refractivity contribution >= 4 is 23.4 Å². The van der Waals surface area contributed by atoms with Crippen LogP contribution in [-0.4, -0.2) is 53.1 Å². The summed E-state index contributed by atoms with van der Waals surface area (Å²) in [4.78, 5) is 16.9. The normalized spacial score (nSPS) is 20.9. The molecule has 0 aliphatic carbocycles. The highest BCUT2D eigenvalue weighted by atomic mass is 32.2. The summed E-state index contributed by atoms with van der Waals surface area (Å²) in [7, 11) is 0. The molecule has 1 aromatic carbocycles. The average Bonchev–Trinajstić information content (AvgIpc) is 2.54. The Hall–Kier alpha value is -1.20. The molecule has 1 amide bonds. The zero-order valence-electron chi connectivity index (χ0n) is 12.4. The molecule has 1 aromatic rings.